The Labute approximate surface area is 169 Å². The lowest BCUT2D eigenvalue weighted by Gasteiger charge is -2.65. The maximum absolute atomic E-state index is 12.0. The molecule has 4 nitrogen and oxygen atoms in total. The molecular weight excluding hydrogens is 352 g/mol. The minimum Gasteiger partial charge on any atom is -0.465 e. The summed E-state index contributed by atoms with van der Waals surface area (Å²) in [5.74, 6) is 1.18. The summed E-state index contributed by atoms with van der Waals surface area (Å²) in [5, 5.41) is 0. The third-order valence-electron chi connectivity index (χ3n) is 9.16. The van der Waals surface area contributed by atoms with Crippen LogP contribution in [0.1, 0.15) is 79.1 Å². The summed E-state index contributed by atoms with van der Waals surface area (Å²) in [7, 11) is 0. The van der Waals surface area contributed by atoms with E-state index in [4.69, 9.17) is 9.47 Å². The smallest absolute Gasteiger partial charge is 0.302 e. The minimum absolute atomic E-state index is 0.0371. The van der Waals surface area contributed by atoms with Gasteiger partial charge in [0.25, 0.3) is 0 Å². The molecule has 2 bridgehead atoms. The molecule has 0 aliphatic heterocycles. The van der Waals surface area contributed by atoms with E-state index < -0.39 is 0 Å². The molecule has 1 spiro atoms. The van der Waals surface area contributed by atoms with Gasteiger partial charge < -0.3 is 9.47 Å². The SMILES string of the molecule is C=C1C[C@]23C[C@H]1CC[C@H]2[C@]1(C)CCC[C@](C)(COC(C)=O)[C@H]1C[C@H]3OC(C)=O. The lowest BCUT2D eigenvalue weighted by atomic mass is 9.40. The highest BCUT2D eigenvalue weighted by atomic mass is 16.5. The summed E-state index contributed by atoms with van der Waals surface area (Å²) in [4.78, 5) is 23.6. The zero-order valence-corrected chi connectivity index (χ0v) is 18.0. The summed E-state index contributed by atoms with van der Waals surface area (Å²) >= 11 is 0. The largest absolute Gasteiger partial charge is 0.465 e. The van der Waals surface area contributed by atoms with E-state index in [-0.39, 0.29) is 34.3 Å². The molecule has 0 amide bonds. The Kier molecular flexibility index (Phi) is 4.71. The second-order valence-corrected chi connectivity index (χ2v) is 10.8. The van der Waals surface area contributed by atoms with Crippen molar-refractivity contribution < 1.29 is 19.1 Å². The number of fused-ring (bicyclic) bond motifs is 3. The van der Waals surface area contributed by atoms with Crippen molar-refractivity contribution in [2.75, 3.05) is 6.61 Å². The Morgan fingerprint density at radius 2 is 1.86 bits per heavy atom. The Bertz CT molecular complexity index is 699. The standard InChI is InChI=1S/C24H36O4/c1-15-12-24-13-18(15)7-8-19(24)23(5)10-6-9-22(4,14-27-16(2)25)20(23)11-21(24)28-17(3)26/h18-21H,1,6-14H2,2-5H3/t18-,19+,20-,21-,22-,23+,24+/m1/s1. The highest BCUT2D eigenvalue weighted by molar-refractivity contribution is 5.66. The van der Waals surface area contributed by atoms with Gasteiger partial charge in [-0.15, -0.1) is 0 Å². The van der Waals surface area contributed by atoms with Crippen molar-refractivity contribution in [1.29, 1.82) is 0 Å². The molecule has 4 rings (SSSR count). The van der Waals surface area contributed by atoms with E-state index in [0.29, 0.717) is 24.4 Å². The molecule has 0 aromatic carbocycles. The zero-order valence-electron chi connectivity index (χ0n) is 18.0. The van der Waals surface area contributed by atoms with Gasteiger partial charge in [-0.25, -0.2) is 0 Å². The quantitative estimate of drug-likeness (QED) is 0.501. The zero-order chi connectivity index (χ0) is 20.3. The summed E-state index contributed by atoms with van der Waals surface area (Å²) < 4.78 is 11.6. The van der Waals surface area contributed by atoms with Crippen LogP contribution in [0.2, 0.25) is 0 Å². The highest BCUT2D eigenvalue weighted by Gasteiger charge is 2.68. The Balaban J connectivity index is 1.74. The lowest BCUT2D eigenvalue weighted by Crippen LogP contribution is -2.62. The van der Waals surface area contributed by atoms with Crippen LogP contribution in [0.25, 0.3) is 0 Å². The predicted molar refractivity (Wildman–Crippen MR) is 107 cm³/mol. The Morgan fingerprint density at radius 1 is 1.11 bits per heavy atom. The first-order valence-electron chi connectivity index (χ1n) is 11.1. The van der Waals surface area contributed by atoms with Gasteiger partial charge in [0.2, 0.25) is 0 Å². The van der Waals surface area contributed by atoms with Crippen LogP contribution in [-0.2, 0) is 19.1 Å². The fourth-order valence-electron chi connectivity index (χ4n) is 8.17. The van der Waals surface area contributed by atoms with Gasteiger partial charge in [0.05, 0.1) is 6.61 Å². The number of hydrogen-bond donors (Lipinski definition) is 0. The van der Waals surface area contributed by atoms with Gasteiger partial charge in [-0.1, -0.05) is 32.4 Å². The van der Waals surface area contributed by atoms with Gasteiger partial charge >= 0.3 is 11.9 Å². The summed E-state index contributed by atoms with van der Waals surface area (Å²) in [6.07, 6.45) is 8.92. The topological polar surface area (TPSA) is 52.6 Å². The van der Waals surface area contributed by atoms with E-state index in [9.17, 15) is 9.59 Å². The van der Waals surface area contributed by atoms with Gasteiger partial charge in [0, 0.05) is 24.7 Å². The van der Waals surface area contributed by atoms with Crippen LogP contribution in [0.15, 0.2) is 12.2 Å². The second-order valence-electron chi connectivity index (χ2n) is 10.8. The number of allylic oxidation sites excluding steroid dienone is 1. The molecule has 4 heteroatoms. The van der Waals surface area contributed by atoms with Gasteiger partial charge in [-0.05, 0) is 68.1 Å². The molecule has 0 saturated heterocycles. The van der Waals surface area contributed by atoms with E-state index in [1.54, 1.807) is 6.92 Å². The number of ether oxygens (including phenoxy) is 2. The average molecular weight is 389 g/mol. The average Bonchev–Trinajstić information content (AvgIpc) is 2.85. The van der Waals surface area contributed by atoms with E-state index in [1.807, 2.05) is 0 Å². The molecule has 7 atom stereocenters. The number of hydrogen-bond acceptors (Lipinski definition) is 4. The van der Waals surface area contributed by atoms with E-state index in [2.05, 4.69) is 20.4 Å². The second kappa shape index (κ2) is 6.60. The maximum atomic E-state index is 12.0. The van der Waals surface area contributed by atoms with Gasteiger partial charge in [0.1, 0.15) is 6.10 Å². The van der Waals surface area contributed by atoms with Crippen molar-refractivity contribution in [1.82, 2.24) is 0 Å². The van der Waals surface area contributed by atoms with Crippen LogP contribution in [0.3, 0.4) is 0 Å². The van der Waals surface area contributed by atoms with Gasteiger partial charge in [-0.3, -0.25) is 9.59 Å². The van der Waals surface area contributed by atoms with E-state index in [0.717, 1.165) is 25.7 Å². The summed E-state index contributed by atoms with van der Waals surface area (Å²) in [5.41, 5.74) is 1.60. The number of carbonyl (C=O) groups is 2. The van der Waals surface area contributed by atoms with Crippen LogP contribution in [0, 0.1) is 34.0 Å². The van der Waals surface area contributed by atoms with Crippen molar-refractivity contribution in [2.24, 2.45) is 34.0 Å². The summed E-state index contributed by atoms with van der Waals surface area (Å²) in [6, 6.07) is 0. The molecule has 0 heterocycles. The maximum Gasteiger partial charge on any atom is 0.302 e. The van der Waals surface area contributed by atoms with Gasteiger partial charge in [-0.2, -0.15) is 0 Å². The van der Waals surface area contributed by atoms with Crippen molar-refractivity contribution in [3.8, 4) is 0 Å². The molecule has 4 aliphatic rings. The third-order valence-corrected chi connectivity index (χ3v) is 9.16. The monoisotopic (exact) mass is 388 g/mol. The number of rotatable bonds is 3. The predicted octanol–water partition coefficient (Wildman–Crippen LogP) is 5.06. The van der Waals surface area contributed by atoms with Crippen molar-refractivity contribution in [3.63, 3.8) is 0 Å². The molecule has 4 aliphatic carbocycles. The van der Waals surface area contributed by atoms with Gasteiger partial charge in [0.15, 0.2) is 0 Å². The van der Waals surface area contributed by atoms with Crippen LogP contribution < -0.4 is 0 Å². The first-order chi connectivity index (χ1) is 13.1. The highest BCUT2D eigenvalue weighted by Crippen LogP contribution is 2.72. The normalized spacial score (nSPS) is 47.1. The lowest BCUT2D eigenvalue weighted by molar-refractivity contribution is -0.220. The molecular formula is C24H36O4. The molecule has 156 valence electrons. The molecule has 0 N–H and O–H groups in total. The molecule has 28 heavy (non-hydrogen) atoms. The molecule has 0 aromatic rings. The van der Waals surface area contributed by atoms with E-state index >= 15 is 0 Å². The first kappa shape index (κ1) is 20.0. The number of esters is 2. The van der Waals surface area contributed by atoms with Crippen molar-refractivity contribution >= 4 is 11.9 Å². The fraction of sp³-hybridized carbons (Fsp3) is 0.833. The first-order valence-corrected chi connectivity index (χ1v) is 11.1. The van der Waals surface area contributed by atoms with E-state index in [1.165, 1.54) is 38.2 Å². The van der Waals surface area contributed by atoms with Crippen LogP contribution in [-0.4, -0.2) is 24.6 Å². The van der Waals surface area contributed by atoms with Crippen LogP contribution in [0.5, 0.6) is 0 Å². The molecule has 0 aromatic heterocycles. The Hall–Kier alpha value is -1.32. The summed E-state index contributed by atoms with van der Waals surface area (Å²) in [6.45, 7) is 12.7. The van der Waals surface area contributed by atoms with Crippen LogP contribution >= 0.6 is 0 Å². The minimum atomic E-state index is -0.204. The molecule has 4 saturated carbocycles. The molecule has 0 radical (unpaired) electrons. The molecule has 0 unspecified atom stereocenters. The fourth-order valence-corrected chi connectivity index (χ4v) is 8.17. The van der Waals surface area contributed by atoms with Crippen LogP contribution in [0.4, 0.5) is 0 Å². The number of carbonyl (C=O) groups excluding carboxylic acids is 2. The third kappa shape index (κ3) is 2.85. The van der Waals surface area contributed by atoms with Crippen molar-refractivity contribution in [2.45, 2.75) is 85.2 Å². The molecule has 4 fully saturated rings. The van der Waals surface area contributed by atoms with Crippen molar-refractivity contribution in [3.05, 3.63) is 12.2 Å². The Morgan fingerprint density at radius 3 is 2.54 bits per heavy atom.